The van der Waals surface area contributed by atoms with E-state index in [0.717, 1.165) is 28.3 Å². The van der Waals surface area contributed by atoms with Crippen molar-refractivity contribution in [3.63, 3.8) is 0 Å². The van der Waals surface area contributed by atoms with Crippen molar-refractivity contribution in [2.75, 3.05) is 4.90 Å². The van der Waals surface area contributed by atoms with E-state index in [1.807, 2.05) is 0 Å². The minimum Gasteiger partial charge on any atom is -0.309 e. The predicted octanol–water partition coefficient (Wildman–Crippen LogP) is 14.4. The van der Waals surface area contributed by atoms with Crippen LogP contribution in [-0.4, -0.2) is 4.57 Å². The highest BCUT2D eigenvalue weighted by Crippen LogP contribution is 2.49. The van der Waals surface area contributed by atoms with Crippen LogP contribution in [0, 0.1) is 0 Å². The van der Waals surface area contributed by atoms with Crippen molar-refractivity contribution >= 4 is 49.6 Å². The molecular weight excluding hydrogens is 653 g/mol. The maximum atomic E-state index is 2.49. The second-order valence-electron chi connectivity index (χ2n) is 13.7. The zero-order valence-electron chi connectivity index (χ0n) is 29.7. The molecule has 0 spiro atoms. The van der Waals surface area contributed by atoms with E-state index in [1.54, 1.807) is 0 Å². The summed E-state index contributed by atoms with van der Waals surface area (Å²) < 4.78 is 2.46. The lowest BCUT2D eigenvalue weighted by atomic mass is 9.98. The molecule has 2 heteroatoms. The van der Waals surface area contributed by atoms with Crippen LogP contribution in [0.3, 0.4) is 0 Å². The number of rotatable bonds is 7. The first-order valence-electron chi connectivity index (χ1n) is 18.5. The van der Waals surface area contributed by atoms with Crippen LogP contribution < -0.4 is 4.90 Å². The largest absolute Gasteiger partial charge is 0.309 e. The fourth-order valence-electron chi connectivity index (χ4n) is 8.17. The smallest absolute Gasteiger partial charge is 0.0562 e. The molecule has 0 aliphatic carbocycles. The average Bonchev–Trinajstić information content (AvgIpc) is 3.59. The Morgan fingerprint density at radius 2 is 0.833 bits per heavy atom. The quantitative estimate of drug-likeness (QED) is 0.162. The molecule has 254 valence electrons. The fourth-order valence-corrected chi connectivity index (χ4v) is 8.17. The molecule has 10 rings (SSSR count). The Morgan fingerprint density at radius 3 is 1.54 bits per heavy atom. The zero-order valence-corrected chi connectivity index (χ0v) is 29.7. The summed E-state index contributed by atoms with van der Waals surface area (Å²) in [7, 11) is 0. The number of benzene rings is 9. The zero-order chi connectivity index (χ0) is 35.8. The van der Waals surface area contributed by atoms with Gasteiger partial charge in [0.15, 0.2) is 0 Å². The topological polar surface area (TPSA) is 8.17 Å². The Bertz CT molecular complexity index is 2860. The van der Waals surface area contributed by atoms with Gasteiger partial charge in [-0.2, -0.15) is 0 Å². The molecule has 0 N–H and O–H groups in total. The molecule has 0 fully saturated rings. The molecule has 10 aromatic rings. The summed E-state index contributed by atoms with van der Waals surface area (Å²) in [6, 6.07) is 78.9. The molecule has 0 aliphatic rings. The molecule has 0 saturated heterocycles. The number of para-hydroxylation sites is 4. The molecule has 54 heavy (non-hydrogen) atoms. The Balaban J connectivity index is 1.28. The van der Waals surface area contributed by atoms with Crippen molar-refractivity contribution in [2.45, 2.75) is 0 Å². The number of nitrogens with zero attached hydrogens (tertiary/aromatic N) is 2. The van der Waals surface area contributed by atoms with Crippen LogP contribution in [0.15, 0.2) is 218 Å². The molecular formula is C52H36N2. The summed E-state index contributed by atoms with van der Waals surface area (Å²) in [5, 5.41) is 4.88. The van der Waals surface area contributed by atoms with E-state index in [9.17, 15) is 0 Å². The number of fused-ring (bicyclic) bond motifs is 4. The molecule has 2 nitrogen and oxygen atoms in total. The number of hydrogen-bond donors (Lipinski definition) is 0. The molecule has 1 heterocycles. The average molecular weight is 689 g/mol. The Labute approximate surface area is 315 Å². The first kappa shape index (κ1) is 31.6. The third kappa shape index (κ3) is 5.36. The van der Waals surface area contributed by atoms with E-state index >= 15 is 0 Å². The summed E-state index contributed by atoms with van der Waals surface area (Å²) >= 11 is 0. The van der Waals surface area contributed by atoms with Gasteiger partial charge in [0, 0.05) is 27.5 Å². The molecule has 1 aromatic heterocycles. The van der Waals surface area contributed by atoms with Gasteiger partial charge in [-0.05, 0) is 69.9 Å². The van der Waals surface area contributed by atoms with Gasteiger partial charge in [0.25, 0.3) is 0 Å². The van der Waals surface area contributed by atoms with Crippen LogP contribution in [0.5, 0.6) is 0 Å². The van der Waals surface area contributed by atoms with Gasteiger partial charge in [0.1, 0.15) is 0 Å². The van der Waals surface area contributed by atoms with Crippen molar-refractivity contribution in [3.8, 4) is 39.1 Å². The standard InChI is InChI=1S/C52H36N2/c1-3-19-38(20-4-1)42-24-9-13-28-46(42)53(47-29-14-10-25-43(47)39-21-5-2-6-22-39)50-32-17-33-51-52(50)45-27-12-16-31-49(45)54(51)48-30-15-11-26-44(48)41-35-34-37-18-7-8-23-40(37)36-41/h1-36H. The highest BCUT2D eigenvalue weighted by molar-refractivity contribution is 6.17. The van der Waals surface area contributed by atoms with E-state index in [0.29, 0.717) is 0 Å². The van der Waals surface area contributed by atoms with Crippen LogP contribution in [0.2, 0.25) is 0 Å². The lowest BCUT2D eigenvalue weighted by molar-refractivity contribution is 1.18. The third-order valence-electron chi connectivity index (χ3n) is 10.6. The fraction of sp³-hybridized carbons (Fsp3) is 0. The minimum atomic E-state index is 1.12. The van der Waals surface area contributed by atoms with Gasteiger partial charge >= 0.3 is 0 Å². The first-order chi connectivity index (χ1) is 26.8. The second-order valence-corrected chi connectivity index (χ2v) is 13.7. The van der Waals surface area contributed by atoms with Crippen molar-refractivity contribution in [1.29, 1.82) is 0 Å². The summed E-state index contributed by atoms with van der Waals surface area (Å²) in [5.74, 6) is 0. The normalized spacial score (nSPS) is 11.3. The lowest BCUT2D eigenvalue weighted by Crippen LogP contribution is -2.13. The number of hydrogen-bond acceptors (Lipinski definition) is 1. The van der Waals surface area contributed by atoms with Crippen LogP contribution in [-0.2, 0) is 0 Å². The number of anilines is 3. The molecule has 0 atom stereocenters. The van der Waals surface area contributed by atoms with Crippen LogP contribution >= 0.6 is 0 Å². The van der Waals surface area contributed by atoms with Crippen molar-refractivity contribution < 1.29 is 0 Å². The predicted molar refractivity (Wildman–Crippen MR) is 229 cm³/mol. The van der Waals surface area contributed by atoms with Crippen LogP contribution in [0.4, 0.5) is 17.1 Å². The first-order valence-corrected chi connectivity index (χ1v) is 18.5. The van der Waals surface area contributed by atoms with Gasteiger partial charge < -0.3 is 9.47 Å². The molecule has 0 amide bonds. The lowest BCUT2D eigenvalue weighted by Gasteiger charge is -2.30. The van der Waals surface area contributed by atoms with E-state index in [-0.39, 0.29) is 0 Å². The highest BCUT2D eigenvalue weighted by Gasteiger charge is 2.25. The summed E-state index contributed by atoms with van der Waals surface area (Å²) in [4.78, 5) is 2.49. The summed E-state index contributed by atoms with van der Waals surface area (Å²) in [6.45, 7) is 0. The second kappa shape index (κ2) is 13.4. The molecule has 0 bridgehead atoms. The maximum absolute atomic E-state index is 2.49. The van der Waals surface area contributed by atoms with Gasteiger partial charge in [0.05, 0.1) is 33.8 Å². The molecule has 0 unspecified atom stereocenters. The molecule has 0 radical (unpaired) electrons. The van der Waals surface area contributed by atoms with Gasteiger partial charge in [-0.3, -0.25) is 0 Å². The van der Waals surface area contributed by atoms with Crippen molar-refractivity contribution in [2.24, 2.45) is 0 Å². The monoisotopic (exact) mass is 688 g/mol. The Hall–Kier alpha value is -7.16. The number of aromatic nitrogens is 1. The van der Waals surface area contributed by atoms with Gasteiger partial charge in [-0.1, -0.05) is 176 Å². The molecule has 0 aliphatic heterocycles. The summed E-state index contributed by atoms with van der Waals surface area (Å²) in [6.07, 6.45) is 0. The van der Waals surface area contributed by atoms with E-state index < -0.39 is 0 Å². The van der Waals surface area contributed by atoms with E-state index in [1.165, 1.54) is 60.4 Å². The molecule has 9 aromatic carbocycles. The van der Waals surface area contributed by atoms with Crippen molar-refractivity contribution in [3.05, 3.63) is 218 Å². The van der Waals surface area contributed by atoms with Gasteiger partial charge in [-0.25, -0.2) is 0 Å². The minimum absolute atomic E-state index is 1.12. The Morgan fingerprint density at radius 1 is 0.315 bits per heavy atom. The highest BCUT2D eigenvalue weighted by atomic mass is 15.2. The van der Waals surface area contributed by atoms with Crippen LogP contribution in [0.1, 0.15) is 0 Å². The van der Waals surface area contributed by atoms with Crippen LogP contribution in [0.25, 0.3) is 71.6 Å². The maximum Gasteiger partial charge on any atom is 0.0562 e. The van der Waals surface area contributed by atoms with Crippen molar-refractivity contribution in [1.82, 2.24) is 4.57 Å². The van der Waals surface area contributed by atoms with Gasteiger partial charge in [-0.15, -0.1) is 0 Å². The summed E-state index contributed by atoms with van der Waals surface area (Å²) in [5.41, 5.74) is 13.9. The van der Waals surface area contributed by atoms with Gasteiger partial charge in [0.2, 0.25) is 0 Å². The molecule has 0 saturated carbocycles. The SMILES string of the molecule is c1ccc(-c2ccccc2N(c2ccccc2-c2ccccc2)c2cccc3c2c2ccccc2n3-c2ccccc2-c2ccc3ccccc3c2)cc1. The Kier molecular flexibility index (Phi) is 7.85. The van der Waals surface area contributed by atoms with E-state index in [4.69, 9.17) is 0 Å². The van der Waals surface area contributed by atoms with E-state index in [2.05, 4.69) is 228 Å². The third-order valence-corrected chi connectivity index (χ3v) is 10.6.